The van der Waals surface area contributed by atoms with Gasteiger partial charge in [-0.2, -0.15) is 0 Å². The van der Waals surface area contributed by atoms with Crippen molar-refractivity contribution in [2.24, 2.45) is 0 Å². The summed E-state index contributed by atoms with van der Waals surface area (Å²) in [5.41, 5.74) is 0. The lowest BCUT2D eigenvalue weighted by molar-refractivity contribution is 0.171. The summed E-state index contributed by atoms with van der Waals surface area (Å²) in [4.78, 5) is 10.2. The first-order valence-corrected chi connectivity index (χ1v) is 2.82. The number of hydrogen-bond donors (Lipinski definition) is 0. The van der Waals surface area contributed by atoms with E-state index in [-0.39, 0.29) is 6.79 Å². The highest BCUT2D eigenvalue weighted by Crippen LogP contribution is 2.31. The molecule has 0 aromatic carbocycles. The number of carbonyl (C=O) groups excluding carboxylic acids is 1. The van der Waals surface area contributed by atoms with E-state index in [2.05, 4.69) is 0 Å². The van der Waals surface area contributed by atoms with Gasteiger partial charge in [-0.05, 0) is 0 Å². The Bertz CT molecular complexity index is 244. The van der Waals surface area contributed by atoms with Crippen molar-refractivity contribution in [1.29, 1.82) is 0 Å². The highest BCUT2D eigenvalue weighted by molar-refractivity contribution is 5.57. The normalized spacial score (nSPS) is 13.6. The summed E-state index contributed by atoms with van der Waals surface area (Å²) in [6.45, 7) is 0.254. The van der Waals surface area contributed by atoms with Gasteiger partial charge in [0, 0.05) is 0 Å². The molecule has 1 aromatic heterocycles. The third-order valence-electron chi connectivity index (χ3n) is 1.33. The standard InChI is InChI=1S/C6H5NO3/c8-3-7-1-5-6(2-7)10-4-9-5/h1-3H,4H2. The van der Waals surface area contributed by atoms with Crippen molar-refractivity contribution >= 4 is 6.41 Å². The predicted molar refractivity (Wildman–Crippen MR) is 32.7 cm³/mol. The molecule has 0 bridgehead atoms. The van der Waals surface area contributed by atoms with E-state index in [4.69, 9.17) is 9.47 Å². The number of fused-ring (bicyclic) bond motifs is 1. The first kappa shape index (κ1) is 5.34. The van der Waals surface area contributed by atoms with Crippen LogP contribution in [0.25, 0.3) is 0 Å². The molecule has 1 aliphatic heterocycles. The topological polar surface area (TPSA) is 40.5 Å². The minimum atomic E-state index is 0.254. The Balaban J connectivity index is 2.46. The van der Waals surface area contributed by atoms with Gasteiger partial charge in [0.2, 0.25) is 13.2 Å². The largest absolute Gasteiger partial charge is 0.452 e. The molecule has 10 heavy (non-hydrogen) atoms. The van der Waals surface area contributed by atoms with Gasteiger partial charge in [-0.1, -0.05) is 0 Å². The van der Waals surface area contributed by atoms with Gasteiger partial charge in [0.25, 0.3) is 0 Å². The molecule has 4 nitrogen and oxygen atoms in total. The smallest absolute Gasteiger partial charge is 0.231 e. The third kappa shape index (κ3) is 0.586. The Morgan fingerprint density at radius 3 is 2.50 bits per heavy atom. The molecule has 0 saturated heterocycles. The van der Waals surface area contributed by atoms with E-state index in [1.54, 1.807) is 12.4 Å². The molecule has 52 valence electrons. The Morgan fingerprint density at radius 2 is 2.00 bits per heavy atom. The maximum Gasteiger partial charge on any atom is 0.231 e. The van der Waals surface area contributed by atoms with Crippen LogP contribution < -0.4 is 9.47 Å². The van der Waals surface area contributed by atoms with Crippen LogP contribution in [0.3, 0.4) is 0 Å². The fourth-order valence-corrected chi connectivity index (χ4v) is 0.869. The summed E-state index contributed by atoms with van der Waals surface area (Å²) in [6.07, 6.45) is 3.84. The Labute approximate surface area is 57.0 Å². The summed E-state index contributed by atoms with van der Waals surface area (Å²) < 4.78 is 11.3. The molecular formula is C6H5NO3. The van der Waals surface area contributed by atoms with Crippen molar-refractivity contribution in [2.75, 3.05) is 6.79 Å². The minimum absolute atomic E-state index is 0.254. The van der Waals surface area contributed by atoms with Crippen LogP contribution in [-0.2, 0) is 4.79 Å². The molecule has 1 aliphatic rings. The maximum absolute atomic E-state index is 10.2. The number of hydrogen-bond acceptors (Lipinski definition) is 3. The molecule has 1 aromatic rings. The summed E-state index contributed by atoms with van der Waals surface area (Å²) in [6, 6.07) is 0. The van der Waals surface area contributed by atoms with Crippen molar-refractivity contribution in [2.45, 2.75) is 0 Å². The molecule has 0 amide bonds. The van der Waals surface area contributed by atoms with Gasteiger partial charge in [0.1, 0.15) is 0 Å². The highest BCUT2D eigenvalue weighted by atomic mass is 16.7. The van der Waals surface area contributed by atoms with Crippen LogP contribution in [0.5, 0.6) is 11.5 Å². The lowest BCUT2D eigenvalue weighted by Crippen LogP contribution is -1.97. The minimum Gasteiger partial charge on any atom is -0.452 e. The van der Waals surface area contributed by atoms with Gasteiger partial charge in [-0.15, -0.1) is 0 Å². The Kier molecular flexibility index (Phi) is 0.943. The second-order valence-electron chi connectivity index (χ2n) is 1.95. The molecular weight excluding hydrogens is 134 g/mol. The Hall–Kier alpha value is -1.45. The predicted octanol–water partition coefficient (Wildman–Crippen LogP) is 0.255. The summed E-state index contributed by atoms with van der Waals surface area (Å²) >= 11 is 0. The zero-order valence-electron chi connectivity index (χ0n) is 5.11. The second-order valence-corrected chi connectivity index (χ2v) is 1.95. The number of ether oxygens (including phenoxy) is 2. The molecule has 0 aliphatic carbocycles. The molecule has 0 N–H and O–H groups in total. The zero-order valence-corrected chi connectivity index (χ0v) is 5.11. The van der Waals surface area contributed by atoms with Crippen LogP contribution in [0.1, 0.15) is 0 Å². The fourth-order valence-electron chi connectivity index (χ4n) is 0.869. The number of aromatic nitrogens is 1. The van der Waals surface area contributed by atoms with E-state index in [0.717, 1.165) is 0 Å². The number of carbonyl (C=O) groups is 1. The van der Waals surface area contributed by atoms with Crippen molar-refractivity contribution in [3.8, 4) is 11.5 Å². The van der Waals surface area contributed by atoms with Gasteiger partial charge < -0.3 is 9.47 Å². The SMILES string of the molecule is O=Cn1cc2c(c1)OCO2. The van der Waals surface area contributed by atoms with Crippen LogP contribution in [0.4, 0.5) is 0 Å². The van der Waals surface area contributed by atoms with Gasteiger partial charge in [0.15, 0.2) is 11.5 Å². The average molecular weight is 139 g/mol. The summed E-state index contributed by atoms with van der Waals surface area (Å²) in [5, 5.41) is 0. The fraction of sp³-hybridized carbons (Fsp3) is 0.167. The molecule has 0 spiro atoms. The lowest BCUT2D eigenvalue weighted by atomic mass is 10.6. The van der Waals surface area contributed by atoms with Crippen LogP contribution in [-0.4, -0.2) is 17.8 Å². The quantitative estimate of drug-likeness (QED) is 0.524. The van der Waals surface area contributed by atoms with E-state index in [9.17, 15) is 4.79 Å². The molecule has 4 heteroatoms. The molecule has 0 atom stereocenters. The summed E-state index contributed by atoms with van der Waals surface area (Å²) in [7, 11) is 0. The van der Waals surface area contributed by atoms with Crippen molar-refractivity contribution in [3.63, 3.8) is 0 Å². The maximum atomic E-state index is 10.2. The molecule has 2 heterocycles. The average Bonchev–Trinajstić information content (AvgIpc) is 2.42. The molecule has 0 unspecified atom stereocenters. The van der Waals surface area contributed by atoms with E-state index >= 15 is 0 Å². The Morgan fingerprint density at radius 1 is 1.40 bits per heavy atom. The second kappa shape index (κ2) is 1.76. The first-order chi connectivity index (χ1) is 4.90. The first-order valence-electron chi connectivity index (χ1n) is 2.82. The van der Waals surface area contributed by atoms with Crippen molar-refractivity contribution in [1.82, 2.24) is 4.57 Å². The van der Waals surface area contributed by atoms with Crippen LogP contribution in [0, 0.1) is 0 Å². The molecule has 0 radical (unpaired) electrons. The number of rotatable bonds is 1. The van der Waals surface area contributed by atoms with Crippen LogP contribution in [0.2, 0.25) is 0 Å². The van der Waals surface area contributed by atoms with Gasteiger partial charge in [-0.25, -0.2) is 0 Å². The molecule has 0 fully saturated rings. The van der Waals surface area contributed by atoms with E-state index in [1.165, 1.54) is 4.57 Å². The number of nitrogens with zero attached hydrogens (tertiary/aromatic N) is 1. The van der Waals surface area contributed by atoms with Gasteiger partial charge >= 0.3 is 0 Å². The van der Waals surface area contributed by atoms with Gasteiger partial charge in [-0.3, -0.25) is 9.36 Å². The summed E-state index contributed by atoms with van der Waals surface area (Å²) in [5.74, 6) is 1.26. The van der Waals surface area contributed by atoms with E-state index in [1.807, 2.05) is 0 Å². The lowest BCUT2D eigenvalue weighted by Gasteiger charge is -1.90. The van der Waals surface area contributed by atoms with Crippen LogP contribution in [0.15, 0.2) is 12.4 Å². The third-order valence-corrected chi connectivity index (χ3v) is 1.33. The van der Waals surface area contributed by atoms with E-state index in [0.29, 0.717) is 17.9 Å². The van der Waals surface area contributed by atoms with Crippen LogP contribution >= 0.6 is 0 Å². The van der Waals surface area contributed by atoms with E-state index < -0.39 is 0 Å². The van der Waals surface area contributed by atoms with Gasteiger partial charge in [0.05, 0.1) is 12.4 Å². The molecule has 0 saturated carbocycles. The zero-order chi connectivity index (χ0) is 6.97. The highest BCUT2D eigenvalue weighted by Gasteiger charge is 2.14. The monoisotopic (exact) mass is 139 g/mol. The van der Waals surface area contributed by atoms with Crippen molar-refractivity contribution in [3.05, 3.63) is 12.4 Å². The van der Waals surface area contributed by atoms with Crippen molar-refractivity contribution < 1.29 is 14.3 Å². The molecule has 2 rings (SSSR count).